The van der Waals surface area contributed by atoms with Crippen molar-refractivity contribution in [2.75, 3.05) is 13.7 Å². The molecular weight excluding hydrogens is 434 g/mol. The van der Waals surface area contributed by atoms with E-state index in [4.69, 9.17) is 25.8 Å². The number of aliphatic hydroxyl groups excluding tert-OH is 2. The van der Waals surface area contributed by atoms with Crippen LogP contribution in [0.25, 0.3) is 11.1 Å². The number of aliphatic hydroxyl groups is 2. The van der Waals surface area contributed by atoms with Gasteiger partial charge >= 0.3 is 0 Å². The first kappa shape index (κ1) is 24.5. The van der Waals surface area contributed by atoms with E-state index in [1.54, 1.807) is 26.0 Å². The largest absolute Gasteiger partial charge is 0.462 e. The first-order valence-electron chi connectivity index (χ1n) is 10.5. The van der Waals surface area contributed by atoms with E-state index in [9.17, 15) is 15.0 Å². The Balaban J connectivity index is 1.89. The third-order valence-corrected chi connectivity index (χ3v) is 5.77. The standard InChI is InChI=1S/C24H30ClNO6/c1-14(27)26-11-10-15-8-9-18(13-19(15)16-6-5-7-17(25)12-16)31-23-21(29)20(28)22(30-4)24(2,3)32-23/h5-9,12-13,20-23,28-29H,10-11H2,1-4H3,(H,26,27)/t20-,21-,22+,23?/m0/s1. The van der Waals surface area contributed by atoms with Gasteiger partial charge in [-0.15, -0.1) is 0 Å². The molecule has 1 aliphatic rings. The quantitative estimate of drug-likeness (QED) is 0.584. The van der Waals surface area contributed by atoms with Crippen LogP contribution in [0.15, 0.2) is 42.5 Å². The van der Waals surface area contributed by atoms with Crippen molar-refractivity contribution in [1.29, 1.82) is 0 Å². The summed E-state index contributed by atoms with van der Waals surface area (Å²) < 4.78 is 17.2. The highest BCUT2D eigenvalue weighted by molar-refractivity contribution is 6.30. The molecule has 1 aliphatic heterocycles. The lowest BCUT2D eigenvalue weighted by atomic mass is 9.89. The van der Waals surface area contributed by atoms with Gasteiger partial charge in [-0.25, -0.2) is 0 Å². The lowest BCUT2D eigenvalue weighted by Gasteiger charge is -2.46. The number of ether oxygens (including phenoxy) is 3. The molecule has 1 saturated heterocycles. The summed E-state index contributed by atoms with van der Waals surface area (Å²) in [6.45, 7) is 5.52. The Labute approximate surface area is 193 Å². The van der Waals surface area contributed by atoms with Crippen LogP contribution >= 0.6 is 11.6 Å². The van der Waals surface area contributed by atoms with Crippen LogP contribution in [-0.2, 0) is 20.7 Å². The van der Waals surface area contributed by atoms with Gasteiger partial charge in [-0.05, 0) is 61.2 Å². The molecule has 1 amide bonds. The molecule has 1 fully saturated rings. The van der Waals surface area contributed by atoms with Crippen molar-refractivity contribution in [1.82, 2.24) is 5.32 Å². The lowest BCUT2D eigenvalue weighted by Crippen LogP contribution is -2.63. The second-order valence-electron chi connectivity index (χ2n) is 8.41. The second kappa shape index (κ2) is 10.2. The number of carbonyl (C=O) groups is 1. The summed E-state index contributed by atoms with van der Waals surface area (Å²) >= 11 is 6.20. The molecule has 0 radical (unpaired) electrons. The molecule has 0 saturated carbocycles. The molecule has 3 rings (SSSR count). The molecule has 2 aromatic carbocycles. The van der Waals surface area contributed by atoms with Gasteiger partial charge in [0.05, 0.1) is 5.60 Å². The van der Waals surface area contributed by atoms with Crippen LogP contribution in [0.4, 0.5) is 0 Å². The van der Waals surface area contributed by atoms with Crippen molar-refractivity contribution in [3.8, 4) is 16.9 Å². The van der Waals surface area contributed by atoms with Crippen molar-refractivity contribution < 1.29 is 29.2 Å². The Morgan fingerprint density at radius 3 is 2.59 bits per heavy atom. The number of hydrogen-bond donors (Lipinski definition) is 3. The molecule has 174 valence electrons. The molecule has 0 bridgehead atoms. The van der Waals surface area contributed by atoms with E-state index in [0.29, 0.717) is 23.7 Å². The Hall–Kier alpha value is -2.16. The maximum Gasteiger partial charge on any atom is 0.229 e. The van der Waals surface area contributed by atoms with Gasteiger partial charge in [0.15, 0.2) is 0 Å². The second-order valence-corrected chi connectivity index (χ2v) is 8.84. The van der Waals surface area contributed by atoms with E-state index in [1.807, 2.05) is 30.3 Å². The number of amides is 1. The summed E-state index contributed by atoms with van der Waals surface area (Å²) in [5.41, 5.74) is 1.91. The molecular formula is C24H30ClNO6. The zero-order chi connectivity index (χ0) is 23.5. The van der Waals surface area contributed by atoms with Crippen LogP contribution in [0, 0.1) is 0 Å². The van der Waals surface area contributed by atoms with Gasteiger partial charge in [0.25, 0.3) is 0 Å². The Morgan fingerprint density at radius 2 is 1.94 bits per heavy atom. The van der Waals surface area contributed by atoms with Gasteiger partial charge in [-0.3, -0.25) is 4.79 Å². The molecule has 1 unspecified atom stereocenters. The average molecular weight is 464 g/mol. The Kier molecular flexibility index (Phi) is 7.79. The van der Waals surface area contributed by atoms with Crippen LogP contribution in [0.5, 0.6) is 5.75 Å². The number of methoxy groups -OCH3 is 1. The molecule has 3 N–H and O–H groups in total. The average Bonchev–Trinajstić information content (AvgIpc) is 2.72. The summed E-state index contributed by atoms with van der Waals surface area (Å²) in [5, 5.41) is 24.4. The molecule has 8 heteroatoms. The molecule has 0 spiro atoms. The SMILES string of the molecule is CO[C@@H]1[C@@H](O)[C@H](O)C(Oc2ccc(CCNC(C)=O)c(-c3cccc(Cl)c3)c2)OC1(C)C. The Bertz CT molecular complexity index is 950. The minimum absolute atomic E-state index is 0.0896. The maximum absolute atomic E-state index is 11.2. The highest BCUT2D eigenvalue weighted by atomic mass is 35.5. The molecule has 2 aromatic rings. The number of carbonyl (C=O) groups excluding carboxylic acids is 1. The van der Waals surface area contributed by atoms with Crippen LogP contribution in [-0.4, -0.2) is 60.0 Å². The minimum Gasteiger partial charge on any atom is -0.462 e. The molecule has 7 nitrogen and oxygen atoms in total. The molecule has 0 aromatic heterocycles. The van der Waals surface area contributed by atoms with Crippen molar-refractivity contribution in [2.45, 2.75) is 57.4 Å². The Morgan fingerprint density at radius 1 is 1.19 bits per heavy atom. The summed E-state index contributed by atoms with van der Waals surface area (Å²) in [5.74, 6) is 0.374. The van der Waals surface area contributed by atoms with Gasteiger partial charge in [-0.1, -0.05) is 29.8 Å². The van der Waals surface area contributed by atoms with E-state index in [-0.39, 0.29) is 5.91 Å². The first-order valence-corrected chi connectivity index (χ1v) is 10.9. The zero-order valence-corrected chi connectivity index (χ0v) is 19.4. The van der Waals surface area contributed by atoms with Gasteiger partial charge in [-0.2, -0.15) is 0 Å². The first-order chi connectivity index (χ1) is 15.1. The van der Waals surface area contributed by atoms with E-state index in [1.165, 1.54) is 14.0 Å². The number of rotatable bonds is 7. The third-order valence-electron chi connectivity index (χ3n) is 5.54. The monoisotopic (exact) mass is 463 g/mol. The van der Waals surface area contributed by atoms with Crippen molar-refractivity contribution in [3.63, 3.8) is 0 Å². The van der Waals surface area contributed by atoms with E-state index < -0.39 is 30.2 Å². The minimum atomic E-state index is -1.29. The zero-order valence-electron chi connectivity index (χ0n) is 18.7. The van der Waals surface area contributed by atoms with Crippen molar-refractivity contribution in [3.05, 3.63) is 53.1 Å². The third kappa shape index (κ3) is 5.60. The fraction of sp³-hybridized carbons (Fsp3) is 0.458. The summed E-state index contributed by atoms with van der Waals surface area (Å²) in [6, 6.07) is 13.0. The highest BCUT2D eigenvalue weighted by Crippen LogP contribution is 2.35. The smallest absolute Gasteiger partial charge is 0.229 e. The van der Waals surface area contributed by atoms with Crippen LogP contribution in [0.3, 0.4) is 0 Å². The number of hydrogen-bond acceptors (Lipinski definition) is 6. The fourth-order valence-electron chi connectivity index (χ4n) is 3.98. The predicted molar refractivity (Wildman–Crippen MR) is 122 cm³/mol. The highest BCUT2D eigenvalue weighted by Gasteiger charge is 2.50. The van der Waals surface area contributed by atoms with E-state index >= 15 is 0 Å². The number of benzene rings is 2. The summed E-state index contributed by atoms with van der Waals surface area (Å²) in [6.07, 6.45) is -3.62. The van der Waals surface area contributed by atoms with E-state index in [2.05, 4.69) is 5.32 Å². The fourth-order valence-corrected chi connectivity index (χ4v) is 4.17. The van der Waals surface area contributed by atoms with Crippen LogP contribution in [0.1, 0.15) is 26.3 Å². The summed E-state index contributed by atoms with van der Waals surface area (Å²) in [4.78, 5) is 11.2. The maximum atomic E-state index is 11.2. The number of halogens is 1. The molecule has 4 atom stereocenters. The topological polar surface area (TPSA) is 97.3 Å². The van der Waals surface area contributed by atoms with Gasteiger partial charge in [0, 0.05) is 25.6 Å². The van der Waals surface area contributed by atoms with E-state index in [0.717, 1.165) is 16.7 Å². The molecule has 1 heterocycles. The van der Waals surface area contributed by atoms with Crippen LogP contribution in [0.2, 0.25) is 5.02 Å². The number of nitrogens with one attached hydrogen (secondary N) is 1. The van der Waals surface area contributed by atoms with Gasteiger partial charge in [0.2, 0.25) is 12.2 Å². The summed E-state index contributed by atoms with van der Waals surface area (Å²) in [7, 11) is 1.46. The lowest BCUT2D eigenvalue weighted by molar-refractivity contribution is -0.305. The molecule has 0 aliphatic carbocycles. The normalized spacial score (nSPS) is 24.7. The molecule has 32 heavy (non-hydrogen) atoms. The van der Waals surface area contributed by atoms with Gasteiger partial charge in [0.1, 0.15) is 24.1 Å². The van der Waals surface area contributed by atoms with Crippen molar-refractivity contribution >= 4 is 17.5 Å². The van der Waals surface area contributed by atoms with Crippen molar-refractivity contribution in [2.24, 2.45) is 0 Å². The predicted octanol–water partition coefficient (Wildman–Crippen LogP) is 2.94. The van der Waals surface area contributed by atoms with Gasteiger partial charge < -0.3 is 29.7 Å². The van der Waals surface area contributed by atoms with Crippen LogP contribution < -0.4 is 10.1 Å².